The van der Waals surface area contributed by atoms with Gasteiger partial charge < -0.3 is 65.5 Å². The molecule has 476 valence electrons. The molecule has 4 aliphatic rings. The van der Waals surface area contributed by atoms with E-state index in [0.29, 0.717) is 23.1 Å². The number of allylic oxidation sites excluding steroid dienone is 3. The minimum Gasteiger partial charge on any atom is -0.495 e. The summed E-state index contributed by atoms with van der Waals surface area (Å²) < 4.78 is 74.0. The molecule has 2 aromatic rings. The summed E-state index contributed by atoms with van der Waals surface area (Å²) in [7, 11) is 4.17. The van der Waals surface area contributed by atoms with Gasteiger partial charge in [-0.3, -0.25) is 39.4 Å². The Morgan fingerprint density at radius 3 is 2.29 bits per heavy atom. The van der Waals surface area contributed by atoms with E-state index in [0.717, 1.165) is 17.7 Å². The van der Waals surface area contributed by atoms with E-state index in [4.69, 9.17) is 45.9 Å². The molecule has 0 unspecified atom stereocenters. The summed E-state index contributed by atoms with van der Waals surface area (Å²) in [6.07, 6.45) is -8.31. The number of aliphatic hydroxyl groups is 1. The Morgan fingerprint density at radius 1 is 0.954 bits per heavy atom. The number of alkyl carbamates (subject to hydrolysis) is 1. The fraction of sp³-hybridized carbons (Fsp3) is 0.544. The molecular weight excluding hydrogens is 1180 g/mol. The lowest BCUT2D eigenvalue weighted by atomic mass is 9.83. The van der Waals surface area contributed by atoms with E-state index in [1.807, 2.05) is 6.92 Å². The van der Waals surface area contributed by atoms with Crippen LogP contribution in [0.15, 0.2) is 54.1 Å². The number of methoxy groups -OCH3 is 2. The van der Waals surface area contributed by atoms with Gasteiger partial charge in [0, 0.05) is 64.4 Å². The van der Waals surface area contributed by atoms with Crippen LogP contribution in [0.2, 0.25) is 5.02 Å². The van der Waals surface area contributed by atoms with Crippen LogP contribution >= 0.6 is 11.6 Å². The van der Waals surface area contributed by atoms with Gasteiger partial charge in [-0.15, -0.1) is 5.06 Å². The number of carbonyl (C=O) groups is 10. The number of nitrogens with zero attached hydrogens (tertiary/aromatic N) is 2. The number of primary amides is 1. The Hall–Kier alpha value is -8.02. The minimum absolute atomic E-state index is 0.0268. The molecule has 10 amide bonds. The molecule has 3 fully saturated rings. The number of hydroxylamine groups is 2. The number of carbonyl (C=O) groups excluding carboxylic acids is 10. The van der Waals surface area contributed by atoms with Crippen LogP contribution < -0.4 is 47.3 Å². The molecule has 3 saturated heterocycles. The zero-order chi connectivity index (χ0) is 64.3. The highest BCUT2D eigenvalue weighted by molar-refractivity contribution is 6.35. The van der Waals surface area contributed by atoms with Crippen molar-refractivity contribution < 1.29 is 94.7 Å². The second-order valence-corrected chi connectivity index (χ2v) is 22.5. The maximum Gasteiger partial charge on any atom is 0.418 e. The van der Waals surface area contributed by atoms with Gasteiger partial charge in [0.25, 0.3) is 11.8 Å². The summed E-state index contributed by atoms with van der Waals surface area (Å²) in [5, 5.41) is 26.6. The van der Waals surface area contributed by atoms with Crippen molar-refractivity contribution in [3.63, 3.8) is 0 Å². The zero-order valence-corrected chi connectivity index (χ0v) is 49.9. The van der Waals surface area contributed by atoms with Crippen molar-refractivity contribution in [1.29, 1.82) is 0 Å². The van der Waals surface area contributed by atoms with Gasteiger partial charge in [0.1, 0.15) is 46.8 Å². The Morgan fingerprint density at radius 2 is 1.64 bits per heavy atom. The van der Waals surface area contributed by atoms with Crippen LogP contribution in [-0.4, -0.2) is 145 Å². The molecule has 26 nitrogen and oxygen atoms in total. The number of imide groups is 1. The molecule has 0 radical (unpaired) electrons. The summed E-state index contributed by atoms with van der Waals surface area (Å²) >= 11 is 6.78. The first-order valence-electron chi connectivity index (χ1n) is 28.0. The Balaban J connectivity index is 1.20. The topological polar surface area (TPSA) is 354 Å². The van der Waals surface area contributed by atoms with Crippen LogP contribution in [0.1, 0.15) is 110 Å². The normalized spacial score (nSPS) is 24.9. The third-order valence-electron chi connectivity index (χ3n) is 15.1. The van der Waals surface area contributed by atoms with Crippen molar-refractivity contribution >= 4 is 88.3 Å². The molecule has 2 aromatic carbocycles. The van der Waals surface area contributed by atoms with Gasteiger partial charge >= 0.3 is 30.4 Å². The van der Waals surface area contributed by atoms with E-state index in [9.17, 15) is 53.1 Å². The van der Waals surface area contributed by atoms with E-state index < -0.39 is 149 Å². The molecule has 30 heteroatoms. The van der Waals surface area contributed by atoms with Crippen molar-refractivity contribution in [2.24, 2.45) is 17.6 Å². The predicted molar refractivity (Wildman–Crippen MR) is 304 cm³/mol. The number of unbranched alkanes of at least 4 members (excludes halogenated alkanes) is 1. The van der Waals surface area contributed by atoms with Gasteiger partial charge in [-0.05, 0) is 87.8 Å². The number of hydrogen-bond donors (Lipinski definition) is 8. The summed E-state index contributed by atoms with van der Waals surface area (Å²) in [5.41, 5.74) is 0.572. The fourth-order valence-corrected chi connectivity index (χ4v) is 10.6. The molecular formula is C57H73ClF3N9O17. The standard InChI is InChI=1S/C57H73ClF3N9O17/c1-29(2)48(67-42(71)16-9-10-17-46(75)87-70-43(72)20-21-44(70)73)51(77)66-36(14-12-22-63-52(62)78)50(76)65-35-19-18-33(26-34(35)57(59,60)61)64-53(79)85-41-27-45(74)69(6)37-24-32(25-38(82-7)47(37)58)23-30(3)13-11-15-40(83-8)56(81)28-39(84-54(80)68-56)31(4)49-55(41,5)86-49/h11,13,15,18-19,24-26,29,31,36,39-41,48-49,81H,9-10,12,14,16-17,20-23,27-28H2,1-8H3,(H,64,79)(H,65,76)(H,66,77)(H,67,71)(H,68,80)(H3,62,63,78)/b15-11+,30-13+/t31-,36+,39+,40-,41+,48+,49+,55+,56+/m1/s1. The SMILES string of the molecule is COc1cc2cc(c1Cl)N(C)C(=O)C[C@H](OC(=O)Nc1ccc(NC(=O)[C@H](CCCNC(N)=O)NC(=O)[C@@H](NC(=O)CCCCC(=O)ON3C(=O)CCC3=O)C(C)C)c(C(F)(F)F)c1)[C@]1(C)O[C@H]1[C@H](C)[C@@H]1C[C@@](O)(NC(=O)O1)[C@H](OC)/C=C/C=C(\C)C2. The number of amides is 10. The van der Waals surface area contributed by atoms with Crippen LogP contribution in [-0.2, 0) is 69.9 Å². The lowest BCUT2D eigenvalue weighted by Gasteiger charge is -2.42. The molecule has 0 spiro atoms. The number of nitrogens with two attached hydrogens (primary N) is 1. The van der Waals surface area contributed by atoms with Crippen molar-refractivity contribution in [2.45, 2.75) is 159 Å². The molecule has 87 heavy (non-hydrogen) atoms. The third-order valence-corrected chi connectivity index (χ3v) is 15.5. The summed E-state index contributed by atoms with van der Waals surface area (Å²) in [4.78, 5) is 135. The first-order valence-corrected chi connectivity index (χ1v) is 28.3. The van der Waals surface area contributed by atoms with Gasteiger partial charge in [-0.1, -0.05) is 56.2 Å². The fourth-order valence-electron chi connectivity index (χ4n) is 10.3. The first-order chi connectivity index (χ1) is 40.9. The highest BCUT2D eigenvalue weighted by Gasteiger charge is 2.64. The highest BCUT2D eigenvalue weighted by Crippen LogP contribution is 2.49. The summed E-state index contributed by atoms with van der Waals surface area (Å²) in [6.45, 7) is 8.05. The van der Waals surface area contributed by atoms with Gasteiger partial charge in [0.15, 0.2) is 5.72 Å². The second kappa shape index (κ2) is 29.1. The number of fused-ring (bicyclic) bond motifs is 5. The highest BCUT2D eigenvalue weighted by atomic mass is 35.5. The quantitative estimate of drug-likeness (QED) is 0.0456. The molecule has 4 bridgehead atoms. The van der Waals surface area contributed by atoms with Gasteiger partial charge in [-0.25, -0.2) is 19.2 Å². The average molecular weight is 1250 g/mol. The van der Waals surface area contributed by atoms with Crippen LogP contribution in [0.25, 0.3) is 0 Å². The van der Waals surface area contributed by atoms with Crippen LogP contribution in [0.4, 0.5) is 44.6 Å². The van der Waals surface area contributed by atoms with E-state index >= 15 is 13.2 Å². The molecule has 9 N–H and O–H groups in total. The zero-order valence-electron chi connectivity index (χ0n) is 49.2. The Bertz CT molecular complexity index is 3020. The number of benzene rings is 2. The number of anilines is 3. The molecule has 0 aromatic heterocycles. The smallest absolute Gasteiger partial charge is 0.418 e. The van der Waals surface area contributed by atoms with Gasteiger partial charge in [-0.2, -0.15) is 13.2 Å². The Labute approximate surface area is 504 Å². The number of alkyl halides is 3. The number of halogens is 4. The maximum absolute atomic E-state index is 15.0. The second-order valence-electron chi connectivity index (χ2n) is 22.1. The minimum atomic E-state index is -5.20. The van der Waals surface area contributed by atoms with E-state index in [1.165, 1.54) is 33.1 Å². The molecule has 4 heterocycles. The van der Waals surface area contributed by atoms with Crippen molar-refractivity contribution in [3.05, 3.63) is 70.3 Å². The lowest BCUT2D eigenvalue weighted by molar-refractivity contribution is -0.197. The summed E-state index contributed by atoms with van der Waals surface area (Å²) in [6, 6.07) is 1.92. The largest absolute Gasteiger partial charge is 0.495 e. The average Bonchev–Trinajstić information content (AvgIpc) is 1.59. The van der Waals surface area contributed by atoms with Gasteiger partial charge in [0.05, 0.1) is 36.6 Å². The maximum atomic E-state index is 15.0. The predicted octanol–water partition coefficient (Wildman–Crippen LogP) is 5.57. The summed E-state index contributed by atoms with van der Waals surface area (Å²) in [5.74, 6) is -6.67. The number of rotatable bonds is 20. The number of nitrogens with one attached hydrogen (secondary N) is 6. The van der Waals surface area contributed by atoms with E-state index in [2.05, 4.69) is 31.9 Å². The molecule has 4 aliphatic heterocycles. The van der Waals surface area contributed by atoms with Crippen molar-refractivity contribution in [3.8, 4) is 5.75 Å². The number of urea groups is 1. The first kappa shape index (κ1) is 68.1. The molecule has 9 atom stereocenters. The number of epoxide rings is 1. The Kier molecular flexibility index (Phi) is 22.8. The molecule has 0 aliphatic carbocycles. The van der Waals surface area contributed by atoms with Crippen LogP contribution in [0.5, 0.6) is 5.75 Å². The molecule has 0 saturated carbocycles. The van der Waals surface area contributed by atoms with E-state index in [-0.39, 0.29) is 80.8 Å². The van der Waals surface area contributed by atoms with Crippen LogP contribution in [0, 0.1) is 11.8 Å². The number of ether oxygens (including phenoxy) is 5. The van der Waals surface area contributed by atoms with Crippen molar-refractivity contribution in [1.82, 2.24) is 26.3 Å². The van der Waals surface area contributed by atoms with Gasteiger partial charge in [0.2, 0.25) is 23.6 Å². The third kappa shape index (κ3) is 17.8. The van der Waals surface area contributed by atoms with Crippen molar-refractivity contribution in [2.75, 3.05) is 43.3 Å². The number of hydrogen-bond acceptors (Lipinski definition) is 17. The van der Waals surface area contributed by atoms with E-state index in [1.54, 1.807) is 51.1 Å². The monoisotopic (exact) mass is 1250 g/mol. The molecule has 6 rings (SSSR count). The lowest BCUT2D eigenvalue weighted by Crippen LogP contribution is -2.63. The van der Waals surface area contributed by atoms with Crippen LogP contribution in [0.3, 0.4) is 0 Å².